The number of nitrogens with two attached hydrogens (primary N) is 1. The second-order valence-electron chi connectivity index (χ2n) is 4.54. The zero-order chi connectivity index (χ0) is 14.3. The Morgan fingerprint density at radius 1 is 0.900 bits per heavy atom. The molecule has 3 aromatic carbocycles. The normalized spacial score (nSPS) is 10.8. The summed E-state index contributed by atoms with van der Waals surface area (Å²) in [6.45, 7) is 0. The lowest BCUT2D eigenvalue weighted by Crippen LogP contribution is -2.00. The molecule has 5 heteroatoms. The molecule has 0 heterocycles. The van der Waals surface area contributed by atoms with Crippen molar-refractivity contribution in [1.29, 1.82) is 0 Å². The molecule has 0 saturated carbocycles. The summed E-state index contributed by atoms with van der Waals surface area (Å²) in [7, 11) is 0. The van der Waals surface area contributed by atoms with Gasteiger partial charge >= 0.3 is 0 Å². The summed E-state index contributed by atoms with van der Waals surface area (Å²) in [4.78, 5) is 22.9. The minimum absolute atomic E-state index is 0.0992. The van der Waals surface area contributed by atoms with Crippen LogP contribution in [0.5, 0.6) is 0 Å². The van der Waals surface area contributed by atoms with Crippen molar-refractivity contribution in [3.05, 3.63) is 68.9 Å². The van der Waals surface area contributed by atoms with Crippen molar-refractivity contribution < 1.29 is 4.92 Å². The second kappa shape index (κ2) is 4.31. The number of nitro benzene ring substituents is 1. The maximum atomic E-state index is 12.5. The van der Waals surface area contributed by atoms with Gasteiger partial charge in [0.2, 0.25) is 0 Å². The molecule has 5 nitrogen and oxygen atoms in total. The molecule has 0 aliphatic heterocycles. The number of nitro groups is 1. The van der Waals surface area contributed by atoms with E-state index in [0.717, 1.165) is 5.39 Å². The number of hydrogen-bond acceptors (Lipinski definition) is 4. The Bertz CT molecular complexity index is 920. The standard InChI is InChI=1S/C15H10N2O3/c16-11-5-3-9-1-2-10-4-6-12(17(19)20)8-14(10)15(18)13(9)7-11/h1-8H,16H2. The fraction of sp³-hybridized carbons (Fsp3) is 0. The number of hydrogen-bond donors (Lipinski definition) is 1. The van der Waals surface area contributed by atoms with Gasteiger partial charge in [-0.05, 0) is 29.0 Å². The lowest BCUT2D eigenvalue weighted by atomic mass is 10.1. The molecule has 0 bridgehead atoms. The van der Waals surface area contributed by atoms with Crippen LogP contribution in [-0.4, -0.2) is 4.92 Å². The van der Waals surface area contributed by atoms with Crippen LogP contribution in [0, 0.1) is 10.1 Å². The highest BCUT2D eigenvalue weighted by atomic mass is 16.6. The molecule has 3 aromatic rings. The number of benzene rings is 2. The van der Waals surface area contributed by atoms with E-state index in [1.807, 2.05) is 6.07 Å². The van der Waals surface area contributed by atoms with E-state index in [9.17, 15) is 14.9 Å². The molecule has 0 unspecified atom stereocenters. The van der Waals surface area contributed by atoms with E-state index < -0.39 is 4.92 Å². The predicted molar refractivity (Wildman–Crippen MR) is 78.8 cm³/mol. The summed E-state index contributed by atoms with van der Waals surface area (Å²) in [5.74, 6) is 0. The first-order valence-electron chi connectivity index (χ1n) is 5.97. The Hall–Kier alpha value is -2.95. The highest BCUT2D eigenvalue weighted by Gasteiger charge is 2.09. The van der Waals surface area contributed by atoms with Gasteiger partial charge in [-0.1, -0.05) is 18.2 Å². The number of anilines is 1. The summed E-state index contributed by atoms with van der Waals surface area (Å²) >= 11 is 0. The molecule has 0 fully saturated rings. The van der Waals surface area contributed by atoms with Crippen molar-refractivity contribution in [2.24, 2.45) is 0 Å². The minimum Gasteiger partial charge on any atom is -0.399 e. The van der Waals surface area contributed by atoms with Gasteiger partial charge in [-0.25, -0.2) is 0 Å². The fourth-order valence-corrected chi connectivity index (χ4v) is 2.24. The van der Waals surface area contributed by atoms with E-state index in [-0.39, 0.29) is 11.1 Å². The predicted octanol–water partition coefficient (Wildman–Crippen LogP) is 2.84. The Balaban J connectivity index is 2.54. The van der Waals surface area contributed by atoms with E-state index >= 15 is 0 Å². The molecule has 0 amide bonds. The van der Waals surface area contributed by atoms with Crippen LogP contribution in [0.2, 0.25) is 0 Å². The third-order valence-electron chi connectivity index (χ3n) is 3.26. The third-order valence-corrected chi connectivity index (χ3v) is 3.26. The summed E-state index contributed by atoms with van der Waals surface area (Å²) in [6, 6.07) is 12.9. The molecule has 0 aromatic heterocycles. The molecule has 0 atom stereocenters. The minimum atomic E-state index is -0.511. The highest BCUT2D eigenvalue weighted by molar-refractivity contribution is 5.95. The molecule has 0 radical (unpaired) electrons. The first kappa shape index (κ1) is 12.1. The zero-order valence-electron chi connectivity index (χ0n) is 10.4. The Labute approximate surface area is 113 Å². The maximum Gasteiger partial charge on any atom is 0.270 e. The first-order valence-corrected chi connectivity index (χ1v) is 5.97. The van der Waals surface area contributed by atoms with Crippen molar-refractivity contribution in [2.45, 2.75) is 0 Å². The zero-order valence-corrected chi connectivity index (χ0v) is 10.4. The van der Waals surface area contributed by atoms with E-state index in [1.54, 1.807) is 30.3 Å². The Morgan fingerprint density at radius 2 is 1.45 bits per heavy atom. The lowest BCUT2D eigenvalue weighted by Gasteiger charge is -1.95. The third kappa shape index (κ3) is 1.85. The lowest BCUT2D eigenvalue weighted by molar-refractivity contribution is -0.384. The quantitative estimate of drug-likeness (QED) is 0.417. The molecule has 0 aliphatic carbocycles. The molecular formula is C15H10N2O3. The smallest absolute Gasteiger partial charge is 0.270 e. The second-order valence-corrected chi connectivity index (χ2v) is 4.54. The summed E-state index contributed by atoms with van der Waals surface area (Å²) in [5.41, 5.74) is 5.84. The van der Waals surface area contributed by atoms with Gasteiger partial charge in [-0.2, -0.15) is 0 Å². The van der Waals surface area contributed by atoms with Crippen molar-refractivity contribution in [3.8, 4) is 0 Å². The molecular weight excluding hydrogens is 256 g/mol. The molecule has 98 valence electrons. The monoisotopic (exact) mass is 266 g/mol. The van der Waals surface area contributed by atoms with Gasteiger partial charge in [-0.3, -0.25) is 14.9 Å². The van der Waals surface area contributed by atoms with Gasteiger partial charge in [0.05, 0.1) is 4.92 Å². The fourth-order valence-electron chi connectivity index (χ4n) is 2.24. The van der Waals surface area contributed by atoms with Gasteiger partial charge < -0.3 is 5.73 Å². The van der Waals surface area contributed by atoms with Crippen molar-refractivity contribution >= 4 is 32.9 Å². The largest absolute Gasteiger partial charge is 0.399 e. The van der Waals surface area contributed by atoms with Gasteiger partial charge in [0, 0.05) is 28.6 Å². The molecule has 0 aliphatic rings. The van der Waals surface area contributed by atoms with Gasteiger partial charge in [-0.15, -0.1) is 0 Å². The average Bonchev–Trinajstić information content (AvgIpc) is 2.57. The number of nitrogen functional groups attached to an aromatic ring is 1. The molecule has 0 spiro atoms. The summed E-state index contributed by atoms with van der Waals surface area (Å²) in [6.07, 6.45) is 0. The molecule has 20 heavy (non-hydrogen) atoms. The molecule has 2 N–H and O–H groups in total. The summed E-state index contributed by atoms with van der Waals surface area (Å²) in [5, 5.41) is 13.0. The van der Waals surface area contributed by atoms with E-state index in [1.165, 1.54) is 12.1 Å². The van der Waals surface area contributed by atoms with Crippen LogP contribution >= 0.6 is 0 Å². The van der Waals surface area contributed by atoms with Crippen LogP contribution in [0.4, 0.5) is 11.4 Å². The summed E-state index contributed by atoms with van der Waals surface area (Å²) < 4.78 is 0. The van der Waals surface area contributed by atoms with E-state index in [2.05, 4.69) is 0 Å². The number of non-ortho nitro benzene ring substituents is 1. The molecule has 3 rings (SSSR count). The van der Waals surface area contributed by atoms with Crippen LogP contribution in [-0.2, 0) is 0 Å². The SMILES string of the molecule is Nc1ccc2ccc3ccc([N+](=O)[O-])cc3c(=O)c2c1. The van der Waals surface area contributed by atoms with E-state index in [4.69, 9.17) is 5.73 Å². The van der Waals surface area contributed by atoms with Crippen LogP contribution in [0.15, 0.2) is 53.3 Å². The number of nitrogens with zero attached hydrogens (tertiary/aromatic N) is 1. The van der Waals surface area contributed by atoms with Crippen LogP contribution in [0.1, 0.15) is 0 Å². The van der Waals surface area contributed by atoms with Gasteiger partial charge in [0.15, 0.2) is 5.43 Å². The topological polar surface area (TPSA) is 86.2 Å². The number of fused-ring (bicyclic) bond motifs is 2. The van der Waals surface area contributed by atoms with Crippen LogP contribution in [0.3, 0.4) is 0 Å². The Kier molecular flexibility index (Phi) is 2.61. The Morgan fingerprint density at radius 3 is 2.10 bits per heavy atom. The van der Waals surface area contributed by atoms with Crippen LogP contribution in [0.25, 0.3) is 21.5 Å². The van der Waals surface area contributed by atoms with Crippen LogP contribution < -0.4 is 11.2 Å². The number of rotatable bonds is 1. The van der Waals surface area contributed by atoms with Crippen molar-refractivity contribution in [3.63, 3.8) is 0 Å². The van der Waals surface area contributed by atoms with Gasteiger partial charge in [0.1, 0.15) is 0 Å². The van der Waals surface area contributed by atoms with Crippen molar-refractivity contribution in [1.82, 2.24) is 0 Å². The highest BCUT2D eigenvalue weighted by Crippen LogP contribution is 2.21. The maximum absolute atomic E-state index is 12.5. The van der Waals surface area contributed by atoms with Crippen molar-refractivity contribution in [2.75, 3.05) is 5.73 Å². The van der Waals surface area contributed by atoms with Gasteiger partial charge in [0.25, 0.3) is 5.69 Å². The average molecular weight is 266 g/mol. The molecule has 0 saturated heterocycles. The van der Waals surface area contributed by atoms with E-state index in [0.29, 0.717) is 21.8 Å². The first-order chi connectivity index (χ1) is 9.56.